The van der Waals surface area contributed by atoms with Crippen molar-refractivity contribution < 1.29 is 0 Å². The van der Waals surface area contributed by atoms with Crippen molar-refractivity contribution in [1.29, 1.82) is 0 Å². The van der Waals surface area contributed by atoms with Gasteiger partial charge in [-0.1, -0.05) is 0 Å². The van der Waals surface area contributed by atoms with Crippen LogP contribution in [0.5, 0.6) is 0 Å². The summed E-state index contributed by atoms with van der Waals surface area (Å²) in [6.07, 6.45) is 0. The third-order valence-electron chi connectivity index (χ3n) is 1.64. The number of hydrogen-bond acceptors (Lipinski definition) is 6. The van der Waals surface area contributed by atoms with Crippen LogP contribution in [0, 0.1) is 0 Å². The van der Waals surface area contributed by atoms with Gasteiger partial charge in [0, 0.05) is 33.5 Å². The van der Waals surface area contributed by atoms with Gasteiger partial charge in [-0.05, 0) is 0 Å². The monoisotopic (exact) mass is 290 g/mol. The van der Waals surface area contributed by atoms with Crippen LogP contribution in [-0.2, 0) is 0 Å². The Morgan fingerprint density at radius 3 is 2.46 bits per heavy atom. The summed E-state index contributed by atoms with van der Waals surface area (Å²) in [5.41, 5.74) is 0. The van der Waals surface area contributed by atoms with E-state index >= 15 is 0 Å². The molecule has 1 heterocycles. The van der Waals surface area contributed by atoms with Gasteiger partial charge in [-0.3, -0.25) is 0 Å². The maximum atomic E-state index is 4.32. The second-order valence-corrected chi connectivity index (χ2v) is 8.64. The lowest BCUT2D eigenvalue weighted by atomic mass is 10.6. The average Bonchev–Trinajstić information content (AvgIpc) is 2.61. The largest absolute Gasteiger partial charge is 0.178 e. The molecule has 0 amide bonds. The molecule has 13 heavy (non-hydrogen) atoms. The molecule has 0 aromatic heterocycles. The van der Waals surface area contributed by atoms with E-state index in [0.717, 1.165) is 22.5 Å². The molecule has 1 saturated heterocycles. The van der Waals surface area contributed by atoms with Gasteiger partial charge in [-0.25, -0.2) is 0 Å². The molecule has 1 aliphatic heterocycles. The minimum Gasteiger partial charge on any atom is -0.178 e. The van der Waals surface area contributed by atoms with E-state index < -0.39 is 0 Å². The molecule has 6 heteroatoms. The van der Waals surface area contributed by atoms with E-state index in [1.165, 1.54) is 5.75 Å². The molecule has 1 rings (SSSR count). The maximum Gasteiger partial charge on any atom is 0.0962 e. The van der Waals surface area contributed by atoms with Crippen LogP contribution >= 0.6 is 73.2 Å². The minimum absolute atomic E-state index is 0.593. The summed E-state index contributed by atoms with van der Waals surface area (Å²) in [4.78, 5) is 0. The van der Waals surface area contributed by atoms with Crippen molar-refractivity contribution in [2.24, 2.45) is 0 Å². The topological polar surface area (TPSA) is 0 Å². The highest BCUT2D eigenvalue weighted by molar-refractivity contribution is 8.34. The fraction of sp³-hybridized carbons (Fsp3) is 1.00. The molecular formula is C7H14S6. The molecule has 1 aliphatic rings. The van der Waals surface area contributed by atoms with Crippen LogP contribution in [0.25, 0.3) is 0 Å². The molecule has 0 N–H and O–H groups in total. The molecule has 0 aromatic rings. The van der Waals surface area contributed by atoms with Gasteiger partial charge < -0.3 is 0 Å². The number of rotatable bonds is 5. The highest BCUT2D eigenvalue weighted by atomic mass is 32.3. The molecule has 78 valence electrons. The maximum absolute atomic E-state index is 4.32. The minimum atomic E-state index is 0.593. The Balaban J connectivity index is 2.22. The second-order valence-electron chi connectivity index (χ2n) is 2.69. The van der Waals surface area contributed by atoms with E-state index in [9.17, 15) is 0 Å². The third-order valence-corrected chi connectivity index (χ3v) is 8.81. The predicted octanol–water partition coefficient (Wildman–Crippen LogP) is 3.01. The molecule has 1 fully saturated rings. The number of hydrogen-bond donors (Lipinski definition) is 3. The Morgan fingerprint density at radius 2 is 2.00 bits per heavy atom. The first-order valence-electron chi connectivity index (χ1n) is 4.05. The molecule has 0 bridgehead atoms. The zero-order chi connectivity index (χ0) is 9.68. The Hall–Kier alpha value is 2.10. The summed E-state index contributed by atoms with van der Waals surface area (Å²) in [5.74, 6) is 4.10. The lowest BCUT2D eigenvalue weighted by molar-refractivity contribution is 1.16. The normalized spacial score (nSPS) is 28.6. The summed E-state index contributed by atoms with van der Waals surface area (Å²) in [7, 11) is 0. The first-order chi connectivity index (χ1) is 6.30. The van der Waals surface area contributed by atoms with Crippen molar-refractivity contribution in [1.82, 2.24) is 0 Å². The number of thiol groups is 3. The van der Waals surface area contributed by atoms with Gasteiger partial charge >= 0.3 is 0 Å². The van der Waals surface area contributed by atoms with Crippen LogP contribution in [-0.4, -0.2) is 37.4 Å². The molecule has 2 atom stereocenters. The zero-order valence-corrected chi connectivity index (χ0v) is 12.3. The van der Waals surface area contributed by atoms with Gasteiger partial charge in [-0.2, -0.15) is 37.9 Å². The molecule has 2 unspecified atom stereocenters. The summed E-state index contributed by atoms with van der Waals surface area (Å²) >= 11 is 19.0. The van der Waals surface area contributed by atoms with Crippen molar-refractivity contribution in [2.75, 3.05) is 23.0 Å². The van der Waals surface area contributed by atoms with Crippen molar-refractivity contribution in [3.05, 3.63) is 0 Å². The van der Waals surface area contributed by atoms with Crippen LogP contribution in [0.2, 0.25) is 0 Å². The van der Waals surface area contributed by atoms with Crippen LogP contribution < -0.4 is 0 Å². The van der Waals surface area contributed by atoms with Crippen molar-refractivity contribution in [2.45, 2.75) is 14.4 Å². The SMILES string of the molecule is SCC(CS)SC1SCC(CS)S1. The van der Waals surface area contributed by atoms with Crippen LogP contribution in [0.4, 0.5) is 0 Å². The van der Waals surface area contributed by atoms with Gasteiger partial charge in [0.2, 0.25) is 0 Å². The van der Waals surface area contributed by atoms with Gasteiger partial charge in [-0.15, -0.1) is 35.3 Å². The van der Waals surface area contributed by atoms with E-state index in [1.807, 2.05) is 23.5 Å². The zero-order valence-electron chi connectivity index (χ0n) is 7.13. The Morgan fingerprint density at radius 1 is 1.31 bits per heavy atom. The smallest absolute Gasteiger partial charge is 0.0962 e. The summed E-state index contributed by atoms with van der Waals surface area (Å²) < 4.78 is 0.682. The second kappa shape index (κ2) is 7.39. The van der Waals surface area contributed by atoms with Gasteiger partial charge in [0.25, 0.3) is 0 Å². The predicted molar refractivity (Wildman–Crippen MR) is 80.6 cm³/mol. The van der Waals surface area contributed by atoms with Gasteiger partial charge in [0.1, 0.15) is 0 Å². The fourth-order valence-electron chi connectivity index (χ4n) is 0.890. The Kier molecular flexibility index (Phi) is 7.48. The van der Waals surface area contributed by atoms with E-state index in [1.54, 1.807) is 0 Å². The Labute approximate surface area is 110 Å². The third kappa shape index (κ3) is 4.64. The van der Waals surface area contributed by atoms with Crippen LogP contribution in [0.15, 0.2) is 0 Å². The van der Waals surface area contributed by atoms with E-state index in [2.05, 4.69) is 49.6 Å². The fourth-order valence-corrected chi connectivity index (χ4v) is 7.60. The molecular weight excluding hydrogens is 276 g/mol. The summed E-state index contributed by atoms with van der Waals surface area (Å²) in [6, 6.07) is 0. The summed E-state index contributed by atoms with van der Waals surface area (Å²) in [6.45, 7) is 0. The van der Waals surface area contributed by atoms with Crippen molar-refractivity contribution in [3.8, 4) is 0 Å². The molecule has 0 aliphatic carbocycles. The first kappa shape index (κ1) is 13.2. The van der Waals surface area contributed by atoms with Crippen LogP contribution in [0.1, 0.15) is 0 Å². The van der Waals surface area contributed by atoms with E-state index in [-0.39, 0.29) is 0 Å². The standard InChI is InChI=1S/C7H14S6/c8-1-5(2-9)12-7-11-4-6(3-10)13-7/h5-10H,1-4H2. The summed E-state index contributed by atoms with van der Waals surface area (Å²) in [5, 5.41) is 1.33. The highest BCUT2D eigenvalue weighted by Crippen LogP contribution is 2.46. The van der Waals surface area contributed by atoms with Gasteiger partial charge in [0.05, 0.1) is 3.91 Å². The van der Waals surface area contributed by atoms with Crippen molar-refractivity contribution in [3.63, 3.8) is 0 Å². The van der Waals surface area contributed by atoms with E-state index in [0.29, 0.717) is 9.16 Å². The Bertz CT molecular complexity index is 137. The first-order valence-corrected chi connectivity index (χ1v) is 8.88. The molecule has 0 aromatic carbocycles. The average molecular weight is 291 g/mol. The lowest BCUT2D eigenvalue weighted by Crippen LogP contribution is -2.09. The highest BCUT2D eigenvalue weighted by Gasteiger charge is 2.27. The number of thioether (sulfide) groups is 3. The molecule has 0 nitrogen and oxygen atoms in total. The lowest BCUT2D eigenvalue weighted by Gasteiger charge is -2.15. The van der Waals surface area contributed by atoms with Crippen molar-refractivity contribution >= 4 is 73.2 Å². The van der Waals surface area contributed by atoms with Gasteiger partial charge in [0.15, 0.2) is 0 Å². The van der Waals surface area contributed by atoms with E-state index in [4.69, 9.17) is 0 Å². The van der Waals surface area contributed by atoms with Crippen LogP contribution in [0.3, 0.4) is 0 Å². The quantitative estimate of drug-likeness (QED) is 0.667. The molecule has 0 saturated carbocycles. The molecule has 0 spiro atoms. The molecule has 0 radical (unpaired) electrons.